The molecule has 0 aliphatic heterocycles. The zero-order chi connectivity index (χ0) is 15.9. The highest BCUT2D eigenvalue weighted by molar-refractivity contribution is 8.13. The van der Waals surface area contributed by atoms with Crippen LogP contribution in [0.25, 0.3) is 10.8 Å². The monoisotopic (exact) mass is 320 g/mol. The quantitative estimate of drug-likeness (QED) is 0.465. The minimum absolute atomic E-state index is 0.230. The molecule has 22 heavy (non-hydrogen) atoms. The average molecular weight is 320 g/mol. The first-order chi connectivity index (χ1) is 10.7. The molecule has 2 aromatic rings. The van der Waals surface area contributed by atoms with Gasteiger partial charge < -0.3 is 14.2 Å². The smallest absolute Gasteiger partial charge is 0.458 e. The van der Waals surface area contributed by atoms with Gasteiger partial charge in [-0.3, -0.25) is 0 Å². The molecule has 2 aromatic carbocycles. The summed E-state index contributed by atoms with van der Waals surface area (Å²) < 4.78 is 15.0. The minimum atomic E-state index is -0.772. The number of hydrogen-bond donors (Lipinski definition) is 0. The highest BCUT2D eigenvalue weighted by Gasteiger charge is 2.15. The molecule has 0 saturated carbocycles. The van der Waals surface area contributed by atoms with E-state index < -0.39 is 11.5 Å². The van der Waals surface area contributed by atoms with Gasteiger partial charge >= 0.3 is 11.5 Å². The molecule has 0 aromatic heterocycles. The minimum Gasteiger partial charge on any atom is -0.458 e. The van der Waals surface area contributed by atoms with Gasteiger partial charge in [0.2, 0.25) is 0 Å². The first kappa shape index (κ1) is 16.2. The van der Waals surface area contributed by atoms with Gasteiger partial charge in [-0.15, -0.1) is 0 Å². The Hall–Kier alpha value is -2.21. The van der Waals surface area contributed by atoms with Crippen LogP contribution in [0.2, 0.25) is 0 Å². The van der Waals surface area contributed by atoms with E-state index >= 15 is 0 Å². The van der Waals surface area contributed by atoms with Crippen LogP contribution in [0.1, 0.15) is 13.8 Å². The second-order valence-corrected chi connectivity index (χ2v) is 5.16. The second-order valence-electron chi connectivity index (χ2n) is 4.18. The SMILES string of the molecule is CCOC(=O)Oc1cccc2cccc(SC(=O)OCC)c12. The number of rotatable bonds is 4. The Labute approximate surface area is 132 Å². The summed E-state index contributed by atoms with van der Waals surface area (Å²) in [7, 11) is 0. The first-order valence-corrected chi connectivity index (χ1v) is 7.68. The lowest BCUT2D eigenvalue weighted by molar-refractivity contribution is 0.105. The van der Waals surface area contributed by atoms with Crippen molar-refractivity contribution in [2.45, 2.75) is 18.7 Å². The van der Waals surface area contributed by atoms with Crippen molar-refractivity contribution in [1.29, 1.82) is 0 Å². The van der Waals surface area contributed by atoms with Crippen LogP contribution < -0.4 is 4.74 Å². The van der Waals surface area contributed by atoms with E-state index in [4.69, 9.17) is 14.2 Å². The van der Waals surface area contributed by atoms with Crippen LogP contribution in [0.4, 0.5) is 9.59 Å². The van der Waals surface area contributed by atoms with E-state index in [1.54, 1.807) is 32.0 Å². The molecule has 5 nitrogen and oxygen atoms in total. The zero-order valence-corrected chi connectivity index (χ0v) is 13.1. The molecule has 0 aliphatic rings. The molecule has 0 aliphatic carbocycles. The van der Waals surface area contributed by atoms with Crippen LogP contribution in [-0.4, -0.2) is 24.7 Å². The molecule has 0 heterocycles. The molecule has 0 fully saturated rings. The topological polar surface area (TPSA) is 61.8 Å². The summed E-state index contributed by atoms with van der Waals surface area (Å²) in [6.45, 7) is 3.99. The third-order valence-electron chi connectivity index (χ3n) is 2.74. The molecule has 116 valence electrons. The Morgan fingerprint density at radius 3 is 2.36 bits per heavy atom. The van der Waals surface area contributed by atoms with Crippen molar-refractivity contribution in [3.63, 3.8) is 0 Å². The first-order valence-electron chi connectivity index (χ1n) is 6.86. The molecule has 2 rings (SSSR count). The maximum atomic E-state index is 11.7. The van der Waals surface area contributed by atoms with Gasteiger partial charge in [0.25, 0.3) is 0 Å². The Bertz CT molecular complexity index is 629. The van der Waals surface area contributed by atoms with Crippen LogP contribution in [0.15, 0.2) is 41.3 Å². The Morgan fingerprint density at radius 2 is 1.68 bits per heavy atom. The predicted octanol–water partition coefficient (Wildman–Crippen LogP) is 4.62. The van der Waals surface area contributed by atoms with E-state index in [9.17, 15) is 9.59 Å². The Balaban J connectivity index is 2.39. The van der Waals surface area contributed by atoms with Crippen molar-refractivity contribution in [2.75, 3.05) is 13.2 Å². The lowest BCUT2D eigenvalue weighted by Crippen LogP contribution is -2.10. The summed E-state index contributed by atoms with van der Waals surface area (Å²) >= 11 is 0.959. The van der Waals surface area contributed by atoms with E-state index in [0.717, 1.165) is 17.1 Å². The number of ether oxygens (including phenoxy) is 3. The van der Waals surface area contributed by atoms with Gasteiger partial charge in [-0.1, -0.05) is 24.3 Å². The fourth-order valence-electron chi connectivity index (χ4n) is 1.92. The number of fused-ring (bicyclic) bond motifs is 1. The average Bonchev–Trinajstić information content (AvgIpc) is 2.48. The lowest BCUT2D eigenvalue weighted by Gasteiger charge is -2.11. The van der Waals surface area contributed by atoms with E-state index in [2.05, 4.69) is 0 Å². The maximum absolute atomic E-state index is 11.7. The van der Waals surface area contributed by atoms with Crippen LogP contribution in [-0.2, 0) is 9.47 Å². The van der Waals surface area contributed by atoms with E-state index in [-0.39, 0.29) is 6.61 Å². The number of carbonyl (C=O) groups excluding carboxylic acids is 2. The number of carbonyl (C=O) groups is 2. The van der Waals surface area contributed by atoms with Crippen LogP contribution >= 0.6 is 11.8 Å². The number of hydrogen-bond acceptors (Lipinski definition) is 6. The zero-order valence-electron chi connectivity index (χ0n) is 12.3. The molecule has 0 N–H and O–H groups in total. The highest BCUT2D eigenvalue weighted by Crippen LogP contribution is 2.35. The lowest BCUT2D eigenvalue weighted by atomic mass is 10.1. The van der Waals surface area contributed by atoms with Crippen LogP contribution in [0, 0.1) is 0 Å². The van der Waals surface area contributed by atoms with Gasteiger partial charge in [0, 0.05) is 10.3 Å². The van der Waals surface area contributed by atoms with Gasteiger partial charge in [0.15, 0.2) is 0 Å². The Kier molecular flexibility index (Phi) is 5.66. The maximum Gasteiger partial charge on any atom is 0.513 e. The largest absolute Gasteiger partial charge is 0.513 e. The summed E-state index contributed by atoms with van der Waals surface area (Å²) in [6.07, 6.45) is -0.772. The molecule has 0 amide bonds. The van der Waals surface area contributed by atoms with E-state index in [0.29, 0.717) is 22.6 Å². The highest BCUT2D eigenvalue weighted by atomic mass is 32.2. The normalized spacial score (nSPS) is 10.3. The van der Waals surface area contributed by atoms with Gasteiger partial charge in [0.1, 0.15) is 5.75 Å². The molecular weight excluding hydrogens is 304 g/mol. The van der Waals surface area contributed by atoms with Crippen LogP contribution in [0.5, 0.6) is 5.75 Å². The van der Waals surface area contributed by atoms with E-state index in [1.807, 2.05) is 18.2 Å². The number of benzene rings is 2. The van der Waals surface area contributed by atoms with Crippen molar-refractivity contribution in [2.24, 2.45) is 0 Å². The fraction of sp³-hybridized carbons (Fsp3) is 0.250. The molecule has 0 unspecified atom stereocenters. The van der Waals surface area contributed by atoms with Crippen LogP contribution in [0.3, 0.4) is 0 Å². The van der Waals surface area contributed by atoms with Gasteiger partial charge in [-0.2, -0.15) is 0 Å². The van der Waals surface area contributed by atoms with Gasteiger partial charge in [-0.05, 0) is 43.1 Å². The number of thioether (sulfide) groups is 1. The molecule has 0 radical (unpaired) electrons. The third-order valence-corrected chi connectivity index (χ3v) is 3.58. The van der Waals surface area contributed by atoms with Crippen molar-refractivity contribution >= 4 is 34.0 Å². The summed E-state index contributed by atoms with van der Waals surface area (Å²) in [6, 6.07) is 10.8. The molecule has 6 heteroatoms. The standard InChI is InChI=1S/C16H16O5S/c1-3-19-15(17)21-12-9-5-7-11-8-6-10-13(14(11)12)22-16(18)20-4-2/h5-10H,3-4H2,1-2H3. The molecular formula is C16H16O5S. The van der Waals surface area contributed by atoms with Crippen molar-refractivity contribution in [3.05, 3.63) is 36.4 Å². The summed E-state index contributed by atoms with van der Waals surface area (Å²) in [4.78, 5) is 23.9. The summed E-state index contributed by atoms with van der Waals surface area (Å²) in [5.74, 6) is 0.350. The van der Waals surface area contributed by atoms with Crippen molar-refractivity contribution < 1.29 is 23.8 Å². The fourth-order valence-corrected chi connectivity index (χ4v) is 2.74. The Morgan fingerprint density at radius 1 is 1.00 bits per heavy atom. The second kappa shape index (κ2) is 7.70. The summed E-state index contributed by atoms with van der Waals surface area (Å²) in [5, 5.41) is 1.13. The van der Waals surface area contributed by atoms with Gasteiger partial charge in [-0.25, -0.2) is 9.59 Å². The van der Waals surface area contributed by atoms with Crippen molar-refractivity contribution in [1.82, 2.24) is 0 Å². The molecule has 0 spiro atoms. The van der Waals surface area contributed by atoms with E-state index in [1.165, 1.54) is 0 Å². The molecule has 0 atom stereocenters. The summed E-state index contributed by atoms with van der Waals surface area (Å²) in [5.41, 5.74) is 0. The third kappa shape index (κ3) is 3.92. The molecule has 0 saturated heterocycles. The van der Waals surface area contributed by atoms with Crippen molar-refractivity contribution in [3.8, 4) is 5.75 Å². The predicted molar refractivity (Wildman–Crippen MR) is 84.5 cm³/mol. The molecule has 0 bridgehead atoms. The van der Waals surface area contributed by atoms with Gasteiger partial charge in [0.05, 0.1) is 13.2 Å².